The van der Waals surface area contributed by atoms with Crippen molar-refractivity contribution in [1.29, 1.82) is 0 Å². The molecule has 0 aromatic heterocycles. The zero-order chi connectivity index (χ0) is 11.1. The van der Waals surface area contributed by atoms with Crippen LogP contribution in [0.5, 0.6) is 0 Å². The minimum absolute atomic E-state index is 0.480. The van der Waals surface area contributed by atoms with Gasteiger partial charge in [0.15, 0.2) is 0 Å². The second-order valence-electron chi connectivity index (χ2n) is 4.83. The average molecular weight is 214 g/mol. The molecule has 3 N–H and O–H groups in total. The molecule has 1 rings (SSSR count). The minimum Gasteiger partial charge on any atom is -0.381 e. The molecule has 1 aliphatic heterocycles. The largest absolute Gasteiger partial charge is 0.381 e. The van der Waals surface area contributed by atoms with E-state index < -0.39 is 0 Å². The van der Waals surface area contributed by atoms with Crippen molar-refractivity contribution in [3.8, 4) is 0 Å². The van der Waals surface area contributed by atoms with E-state index in [9.17, 15) is 0 Å². The summed E-state index contributed by atoms with van der Waals surface area (Å²) in [5.41, 5.74) is 2.99. The smallest absolute Gasteiger partial charge is 0.0468 e. The molecule has 1 fully saturated rings. The Balaban J connectivity index is 2.30. The molecular weight excluding hydrogens is 188 g/mol. The molecule has 0 spiro atoms. The fourth-order valence-electron chi connectivity index (χ4n) is 2.46. The van der Waals surface area contributed by atoms with Crippen molar-refractivity contribution in [2.75, 3.05) is 13.2 Å². The topological polar surface area (TPSA) is 47.3 Å². The first-order valence-electron chi connectivity index (χ1n) is 6.31. The lowest BCUT2D eigenvalue weighted by molar-refractivity contribution is 0.0579. The lowest BCUT2D eigenvalue weighted by atomic mass is 9.86. The van der Waals surface area contributed by atoms with Gasteiger partial charge < -0.3 is 4.74 Å². The zero-order valence-corrected chi connectivity index (χ0v) is 10.2. The van der Waals surface area contributed by atoms with Gasteiger partial charge in [0.2, 0.25) is 0 Å². The Morgan fingerprint density at radius 1 is 1.40 bits per heavy atom. The molecule has 0 bridgehead atoms. The Hall–Kier alpha value is -0.120. The molecule has 2 atom stereocenters. The number of nitrogens with two attached hydrogens (primary N) is 1. The highest BCUT2D eigenvalue weighted by molar-refractivity contribution is 4.76. The molecular formula is C12H26N2O. The Morgan fingerprint density at radius 3 is 2.60 bits per heavy atom. The number of nitrogens with one attached hydrogen (secondary N) is 1. The SMILES string of the molecule is CCCC(C)C(CC1CCOCC1)NN. The Labute approximate surface area is 93.7 Å². The van der Waals surface area contributed by atoms with Crippen molar-refractivity contribution in [2.45, 2.75) is 52.0 Å². The highest BCUT2D eigenvalue weighted by Gasteiger charge is 2.22. The van der Waals surface area contributed by atoms with E-state index in [1.54, 1.807) is 0 Å². The van der Waals surface area contributed by atoms with E-state index >= 15 is 0 Å². The van der Waals surface area contributed by atoms with Crippen molar-refractivity contribution in [3.63, 3.8) is 0 Å². The van der Waals surface area contributed by atoms with Crippen molar-refractivity contribution >= 4 is 0 Å². The first kappa shape index (κ1) is 12.9. The third-order valence-corrected chi connectivity index (χ3v) is 3.57. The van der Waals surface area contributed by atoms with Crippen molar-refractivity contribution in [1.82, 2.24) is 5.43 Å². The second-order valence-corrected chi connectivity index (χ2v) is 4.83. The monoisotopic (exact) mass is 214 g/mol. The summed E-state index contributed by atoms with van der Waals surface area (Å²) in [4.78, 5) is 0. The fraction of sp³-hybridized carbons (Fsp3) is 1.00. The van der Waals surface area contributed by atoms with Crippen LogP contribution in [0.15, 0.2) is 0 Å². The van der Waals surface area contributed by atoms with Gasteiger partial charge in [0.05, 0.1) is 0 Å². The van der Waals surface area contributed by atoms with Crippen LogP contribution in [0.1, 0.15) is 46.0 Å². The lowest BCUT2D eigenvalue weighted by Gasteiger charge is -2.29. The standard InChI is InChI=1S/C12H26N2O/c1-3-4-10(2)12(14-13)9-11-5-7-15-8-6-11/h10-12,14H,3-9,13H2,1-2H3. The maximum Gasteiger partial charge on any atom is 0.0468 e. The van der Waals surface area contributed by atoms with E-state index in [1.807, 2.05) is 0 Å². The Bertz CT molecular complexity index is 158. The summed E-state index contributed by atoms with van der Waals surface area (Å²) in [6, 6.07) is 0.480. The van der Waals surface area contributed by atoms with E-state index in [4.69, 9.17) is 10.6 Å². The van der Waals surface area contributed by atoms with E-state index in [-0.39, 0.29) is 0 Å². The number of hydrazine groups is 1. The van der Waals surface area contributed by atoms with Gasteiger partial charge in [-0.3, -0.25) is 11.3 Å². The van der Waals surface area contributed by atoms with Crippen LogP contribution in [-0.4, -0.2) is 19.3 Å². The normalized spacial score (nSPS) is 22.6. The van der Waals surface area contributed by atoms with Crippen molar-refractivity contribution in [3.05, 3.63) is 0 Å². The van der Waals surface area contributed by atoms with Crippen LogP contribution in [0.25, 0.3) is 0 Å². The molecule has 0 aliphatic carbocycles. The number of hydrogen-bond donors (Lipinski definition) is 2. The first-order valence-corrected chi connectivity index (χ1v) is 6.31. The minimum atomic E-state index is 0.480. The summed E-state index contributed by atoms with van der Waals surface area (Å²) in [5.74, 6) is 7.13. The lowest BCUT2D eigenvalue weighted by Crippen LogP contribution is -2.41. The molecule has 2 unspecified atom stereocenters. The molecule has 3 nitrogen and oxygen atoms in total. The molecule has 90 valence electrons. The molecule has 0 saturated carbocycles. The molecule has 3 heteroatoms. The third kappa shape index (κ3) is 4.49. The summed E-state index contributed by atoms with van der Waals surface area (Å²) in [7, 11) is 0. The molecule has 0 aromatic rings. The molecule has 0 aromatic carbocycles. The van der Waals surface area contributed by atoms with Crippen LogP contribution < -0.4 is 11.3 Å². The van der Waals surface area contributed by atoms with Gasteiger partial charge in [-0.25, -0.2) is 0 Å². The molecule has 1 heterocycles. The summed E-state index contributed by atoms with van der Waals surface area (Å²) in [6.07, 6.45) is 6.13. The average Bonchev–Trinajstić information content (AvgIpc) is 2.27. The van der Waals surface area contributed by atoms with Crippen molar-refractivity contribution < 1.29 is 4.74 Å². The predicted octanol–water partition coefficient (Wildman–Crippen LogP) is 2.07. The van der Waals surface area contributed by atoms with Crippen LogP contribution in [0.4, 0.5) is 0 Å². The van der Waals surface area contributed by atoms with E-state index in [0.717, 1.165) is 19.1 Å². The summed E-state index contributed by atoms with van der Waals surface area (Å²) in [5, 5.41) is 0. The van der Waals surface area contributed by atoms with Crippen molar-refractivity contribution in [2.24, 2.45) is 17.7 Å². The van der Waals surface area contributed by atoms with Gasteiger partial charge in [-0.05, 0) is 37.5 Å². The highest BCUT2D eigenvalue weighted by atomic mass is 16.5. The number of rotatable bonds is 6. The molecule has 15 heavy (non-hydrogen) atoms. The zero-order valence-electron chi connectivity index (χ0n) is 10.2. The van der Waals surface area contributed by atoms with Gasteiger partial charge in [0.1, 0.15) is 0 Å². The second kappa shape index (κ2) is 7.20. The van der Waals surface area contributed by atoms with Gasteiger partial charge in [-0.1, -0.05) is 20.3 Å². The van der Waals surface area contributed by atoms with Crippen LogP contribution in [-0.2, 0) is 4.74 Å². The predicted molar refractivity (Wildman–Crippen MR) is 63.3 cm³/mol. The summed E-state index contributed by atoms with van der Waals surface area (Å²) >= 11 is 0. The van der Waals surface area contributed by atoms with Gasteiger partial charge in [-0.15, -0.1) is 0 Å². The first-order chi connectivity index (χ1) is 7.27. The Morgan fingerprint density at radius 2 is 2.07 bits per heavy atom. The molecule has 0 amide bonds. The molecule has 1 saturated heterocycles. The van der Waals surface area contributed by atoms with E-state index in [2.05, 4.69) is 19.3 Å². The van der Waals surface area contributed by atoms with Crippen LogP contribution in [0.2, 0.25) is 0 Å². The Kier molecular flexibility index (Phi) is 6.22. The van der Waals surface area contributed by atoms with Crippen LogP contribution in [0.3, 0.4) is 0 Å². The maximum atomic E-state index is 5.64. The fourth-order valence-corrected chi connectivity index (χ4v) is 2.46. The number of ether oxygens (including phenoxy) is 1. The van der Waals surface area contributed by atoms with Crippen LogP contribution >= 0.6 is 0 Å². The third-order valence-electron chi connectivity index (χ3n) is 3.57. The van der Waals surface area contributed by atoms with Gasteiger partial charge in [-0.2, -0.15) is 0 Å². The summed E-state index contributed by atoms with van der Waals surface area (Å²) in [6.45, 7) is 6.40. The molecule has 0 radical (unpaired) electrons. The number of hydrogen-bond acceptors (Lipinski definition) is 3. The van der Waals surface area contributed by atoms with Crippen LogP contribution in [0, 0.1) is 11.8 Å². The van der Waals surface area contributed by atoms with E-state index in [1.165, 1.54) is 32.1 Å². The van der Waals surface area contributed by atoms with Gasteiger partial charge >= 0.3 is 0 Å². The quantitative estimate of drug-likeness (QED) is 0.525. The van der Waals surface area contributed by atoms with Gasteiger partial charge in [0, 0.05) is 19.3 Å². The highest BCUT2D eigenvalue weighted by Crippen LogP contribution is 2.24. The van der Waals surface area contributed by atoms with Gasteiger partial charge in [0.25, 0.3) is 0 Å². The van der Waals surface area contributed by atoms with E-state index in [0.29, 0.717) is 12.0 Å². The summed E-state index contributed by atoms with van der Waals surface area (Å²) < 4.78 is 5.37. The maximum absolute atomic E-state index is 5.64. The molecule has 1 aliphatic rings.